The van der Waals surface area contributed by atoms with Gasteiger partial charge in [0.25, 0.3) is 5.91 Å². The number of nitrogens with one attached hydrogen (secondary N) is 1. The predicted octanol–water partition coefficient (Wildman–Crippen LogP) is 2.23. The van der Waals surface area contributed by atoms with Crippen LogP contribution in [0.4, 0.5) is 0 Å². The minimum atomic E-state index is -3.72. The summed E-state index contributed by atoms with van der Waals surface area (Å²) in [5.74, 6) is -0.399. The van der Waals surface area contributed by atoms with Gasteiger partial charge < -0.3 is 14.8 Å². The second-order valence-corrected chi connectivity index (χ2v) is 10.9. The molecule has 174 valence electrons. The third kappa shape index (κ3) is 5.33. The molecule has 2 saturated heterocycles. The summed E-state index contributed by atoms with van der Waals surface area (Å²) in [4.78, 5) is 16.5. The van der Waals surface area contributed by atoms with Crippen LogP contribution in [0.5, 0.6) is 0 Å². The van der Waals surface area contributed by atoms with E-state index >= 15 is 0 Å². The van der Waals surface area contributed by atoms with Crippen molar-refractivity contribution in [1.82, 2.24) is 14.5 Å². The number of carbonyl (C=O) groups is 1. The molecular weight excluding hydrogens is 474 g/mol. The highest BCUT2D eigenvalue weighted by atomic mass is 35.5. The van der Waals surface area contributed by atoms with Gasteiger partial charge in [-0.1, -0.05) is 17.7 Å². The molecular formula is C21H26ClN3O5S2. The Morgan fingerprint density at radius 3 is 2.44 bits per heavy atom. The van der Waals surface area contributed by atoms with E-state index in [1.54, 1.807) is 11.3 Å². The smallest absolute Gasteiger partial charge is 0.252 e. The van der Waals surface area contributed by atoms with Crippen LogP contribution in [0.1, 0.15) is 21.3 Å². The van der Waals surface area contributed by atoms with E-state index in [1.165, 1.54) is 22.5 Å². The largest absolute Gasteiger partial charge is 0.379 e. The Balaban J connectivity index is 1.50. The van der Waals surface area contributed by atoms with Gasteiger partial charge in [0, 0.05) is 37.6 Å². The van der Waals surface area contributed by atoms with E-state index in [4.69, 9.17) is 21.1 Å². The Morgan fingerprint density at radius 1 is 1.09 bits per heavy atom. The lowest BCUT2D eigenvalue weighted by Crippen LogP contribution is -2.43. The summed E-state index contributed by atoms with van der Waals surface area (Å²) in [6.45, 7) is 4.54. The molecule has 1 aromatic heterocycles. The summed E-state index contributed by atoms with van der Waals surface area (Å²) in [5, 5.41) is 5.18. The van der Waals surface area contributed by atoms with Gasteiger partial charge >= 0.3 is 0 Å². The SMILES string of the molecule is O=C(NC[C@@H](c1cccs1)N1CCOCC1)c1cc(S(=O)(=O)N2CCOCC2)ccc1Cl. The molecule has 32 heavy (non-hydrogen) atoms. The van der Waals surface area contributed by atoms with Crippen LogP contribution in [0.2, 0.25) is 5.02 Å². The Labute approximate surface area is 197 Å². The molecule has 2 aliphatic heterocycles. The lowest BCUT2D eigenvalue weighted by Gasteiger charge is -2.34. The van der Waals surface area contributed by atoms with Crippen molar-refractivity contribution < 1.29 is 22.7 Å². The zero-order valence-electron chi connectivity index (χ0n) is 17.5. The fourth-order valence-electron chi connectivity index (χ4n) is 3.84. The molecule has 2 fully saturated rings. The highest BCUT2D eigenvalue weighted by molar-refractivity contribution is 7.89. The third-order valence-corrected chi connectivity index (χ3v) is 8.80. The molecule has 2 aromatic rings. The van der Waals surface area contributed by atoms with Crippen molar-refractivity contribution in [2.75, 3.05) is 59.2 Å². The molecule has 1 amide bonds. The summed E-state index contributed by atoms with van der Waals surface area (Å²) in [6, 6.07) is 8.32. The summed E-state index contributed by atoms with van der Waals surface area (Å²) >= 11 is 7.92. The van der Waals surface area contributed by atoms with Gasteiger partial charge in [0.15, 0.2) is 0 Å². The number of amides is 1. The van der Waals surface area contributed by atoms with Crippen LogP contribution >= 0.6 is 22.9 Å². The summed E-state index contributed by atoms with van der Waals surface area (Å²) in [5.41, 5.74) is 0.146. The molecule has 0 bridgehead atoms. The van der Waals surface area contributed by atoms with E-state index in [2.05, 4.69) is 16.3 Å². The average Bonchev–Trinajstić information content (AvgIpc) is 3.35. The first kappa shape index (κ1) is 23.6. The minimum absolute atomic E-state index is 0.0156. The van der Waals surface area contributed by atoms with E-state index in [0.29, 0.717) is 33.0 Å². The van der Waals surface area contributed by atoms with Gasteiger partial charge in [-0.2, -0.15) is 4.31 Å². The normalized spacial score (nSPS) is 19.5. The second kappa shape index (κ2) is 10.6. The van der Waals surface area contributed by atoms with Crippen LogP contribution in [0, 0.1) is 0 Å². The van der Waals surface area contributed by atoms with Gasteiger partial charge in [-0.15, -0.1) is 11.3 Å². The average molecular weight is 500 g/mol. The van der Waals surface area contributed by atoms with E-state index in [0.717, 1.165) is 18.0 Å². The molecule has 8 nitrogen and oxygen atoms in total. The maximum atomic E-state index is 13.0. The Morgan fingerprint density at radius 2 is 1.78 bits per heavy atom. The highest BCUT2D eigenvalue weighted by Gasteiger charge is 2.28. The van der Waals surface area contributed by atoms with Gasteiger partial charge in [0.1, 0.15) is 0 Å². The molecule has 1 atom stereocenters. The summed E-state index contributed by atoms with van der Waals surface area (Å²) in [7, 11) is -3.72. The second-order valence-electron chi connectivity index (χ2n) is 7.55. The number of ether oxygens (including phenoxy) is 2. The lowest BCUT2D eigenvalue weighted by atomic mass is 10.1. The Kier molecular flexibility index (Phi) is 7.83. The van der Waals surface area contributed by atoms with E-state index in [9.17, 15) is 13.2 Å². The molecule has 0 radical (unpaired) electrons. The van der Waals surface area contributed by atoms with Crippen LogP contribution in [0.15, 0.2) is 40.6 Å². The highest BCUT2D eigenvalue weighted by Crippen LogP contribution is 2.27. The maximum absolute atomic E-state index is 13.0. The van der Waals surface area contributed by atoms with Crippen LogP contribution in [-0.2, 0) is 19.5 Å². The van der Waals surface area contributed by atoms with Crippen molar-refractivity contribution >= 4 is 38.9 Å². The number of nitrogens with zero attached hydrogens (tertiary/aromatic N) is 2. The van der Waals surface area contributed by atoms with Crippen LogP contribution in [0.25, 0.3) is 0 Å². The van der Waals surface area contributed by atoms with Crippen molar-refractivity contribution in [2.45, 2.75) is 10.9 Å². The molecule has 0 spiro atoms. The molecule has 0 saturated carbocycles. The molecule has 2 aliphatic rings. The molecule has 1 aromatic carbocycles. The number of rotatable bonds is 7. The van der Waals surface area contributed by atoms with Crippen LogP contribution < -0.4 is 5.32 Å². The molecule has 4 rings (SSSR count). The fraction of sp³-hybridized carbons (Fsp3) is 0.476. The molecule has 0 aliphatic carbocycles. The fourth-order valence-corrected chi connectivity index (χ4v) is 6.34. The topological polar surface area (TPSA) is 88.2 Å². The number of sulfonamides is 1. The number of morpholine rings is 2. The predicted molar refractivity (Wildman–Crippen MR) is 123 cm³/mol. The van der Waals surface area contributed by atoms with Gasteiger partial charge in [-0.25, -0.2) is 8.42 Å². The van der Waals surface area contributed by atoms with Gasteiger partial charge in [0.05, 0.1) is 48.0 Å². The van der Waals surface area contributed by atoms with Crippen LogP contribution in [0.3, 0.4) is 0 Å². The number of carbonyl (C=O) groups excluding carboxylic acids is 1. The first-order valence-electron chi connectivity index (χ1n) is 10.5. The first-order valence-corrected chi connectivity index (χ1v) is 13.2. The van der Waals surface area contributed by atoms with Gasteiger partial charge in [-0.05, 0) is 29.6 Å². The Hall–Kier alpha value is -1.53. The van der Waals surface area contributed by atoms with Gasteiger partial charge in [0.2, 0.25) is 10.0 Å². The molecule has 3 heterocycles. The zero-order valence-corrected chi connectivity index (χ0v) is 19.9. The lowest BCUT2D eigenvalue weighted by molar-refractivity contribution is 0.0169. The number of benzene rings is 1. The van der Waals surface area contributed by atoms with Crippen molar-refractivity contribution in [3.63, 3.8) is 0 Å². The summed E-state index contributed by atoms with van der Waals surface area (Å²) < 4.78 is 38.0. The molecule has 0 unspecified atom stereocenters. The van der Waals surface area contributed by atoms with E-state index in [-0.39, 0.29) is 34.6 Å². The Bertz CT molecular complexity index is 1020. The van der Waals surface area contributed by atoms with Crippen molar-refractivity contribution in [3.05, 3.63) is 51.2 Å². The van der Waals surface area contributed by atoms with Crippen molar-refractivity contribution in [1.29, 1.82) is 0 Å². The van der Waals surface area contributed by atoms with Crippen molar-refractivity contribution in [3.8, 4) is 0 Å². The number of hydrogen-bond donors (Lipinski definition) is 1. The quantitative estimate of drug-likeness (QED) is 0.628. The number of hydrogen-bond acceptors (Lipinski definition) is 7. The van der Waals surface area contributed by atoms with E-state index < -0.39 is 15.9 Å². The van der Waals surface area contributed by atoms with Crippen molar-refractivity contribution in [2.24, 2.45) is 0 Å². The monoisotopic (exact) mass is 499 g/mol. The number of halogens is 1. The standard InChI is InChI=1S/C21H26ClN3O5S2/c22-18-4-3-16(32(27,28)25-7-11-30-12-8-25)14-17(18)21(26)23-15-19(20-2-1-13-31-20)24-5-9-29-10-6-24/h1-4,13-14,19H,5-12,15H2,(H,23,26)/t19-/m0/s1. The molecule has 1 N–H and O–H groups in total. The minimum Gasteiger partial charge on any atom is -0.379 e. The first-order chi connectivity index (χ1) is 15.5. The third-order valence-electron chi connectivity index (χ3n) is 5.60. The summed E-state index contributed by atoms with van der Waals surface area (Å²) in [6.07, 6.45) is 0. The zero-order chi connectivity index (χ0) is 22.6. The number of thiophene rings is 1. The van der Waals surface area contributed by atoms with E-state index in [1.807, 2.05) is 11.4 Å². The maximum Gasteiger partial charge on any atom is 0.252 e. The van der Waals surface area contributed by atoms with Crippen LogP contribution in [-0.4, -0.2) is 82.7 Å². The molecule has 11 heteroatoms. The van der Waals surface area contributed by atoms with Gasteiger partial charge in [-0.3, -0.25) is 9.69 Å².